The summed E-state index contributed by atoms with van der Waals surface area (Å²) >= 11 is 0. The fourth-order valence-electron chi connectivity index (χ4n) is 10.2. The predicted octanol–water partition coefficient (Wildman–Crippen LogP) is 8.36. The minimum atomic E-state index is 0.388. The van der Waals surface area contributed by atoms with Crippen LogP contribution in [0.4, 0.5) is 0 Å². The highest BCUT2D eigenvalue weighted by molar-refractivity contribution is 5.09. The molecule has 0 saturated heterocycles. The van der Waals surface area contributed by atoms with Crippen LogP contribution in [-0.2, 0) is 16.0 Å². The Labute approximate surface area is 227 Å². The molecule has 0 spiro atoms. The first-order valence-electron chi connectivity index (χ1n) is 16.0. The minimum absolute atomic E-state index is 0.388. The van der Waals surface area contributed by atoms with Crippen molar-refractivity contribution in [1.82, 2.24) is 9.55 Å². The number of hydrogen-bond donors (Lipinski definition) is 0. The van der Waals surface area contributed by atoms with Crippen molar-refractivity contribution in [2.24, 2.45) is 52.3 Å². The Balaban J connectivity index is 1.12. The van der Waals surface area contributed by atoms with E-state index in [1.807, 2.05) is 18.7 Å². The number of imidazole rings is 1. The standard InChI is InChI=1S/C33H56N2O2/c1-24(2)7-6-8-25(3)29-11-12-30-28-10-9-26-21-27(37-23-36-20-19-35-18-17-34-22-35)13-15-32(26,4)31(28)14-16-33(29,30)5/h17-18,22,24-31H,6-16,19-21,23H2,1-5H3. The van der Waals surface area contributed by atoms with Crippen LogP contribution in [0.5, 0.6) is 0 Å². The van der Waals surface area contributed by atoms with Crippen LogP contribution in [0.3, 0.4) is 0 Å². The number of nitrogens with zero attached hydrogens (tertiary/aromatic N) is 2. The van der Waals surface area contributed by atoms with Crippen molar-refractivity contribution < 1.29 is 9.47 Å². The van der Waals surface area contributed by atoms with E-state index in [0.717, 1.165) is 48.0 Å². The van der Waals surface area contributed by atoms with Crippen LogP contribution in [-0.4, -0.2) is 29.1 Å². The second kappa shape index (κ2) is 11.7. The van der Waals surface area contributed by atoms with Gasteiger partial charge in [-0.2, -0.15) is 0 Å². The van der Waals surface area contributed by atoms with E-state index in [0.29, 0.717) is 30.3 Å². The molecule has 4 aliphatic carbocycles. The SMILES string of the molecule is CC(C)CCCC(C)C1CCC2C3CCC4CC(OCOCCn5ccnc5)CCC4(C)C3CCC12C. The Hall–Kier alpha value is -0.870. The summed E-state index contributed by atoms with van der Waals surface area (Å²) in [5.41, 5.74) is 1.14. The molecule has 9 atom stereocenters. The van der Waals surface area contributed by atoms with E-state index in [1.165, 1.54) is 77.0 Å². The molecule has 210 valence electrons. The Morgan fingerprint density at radius 2 is 1.76 bits per heavy atom. The molecule has 0 aromatic carbocycles. The molecule has 4 fully saturated rings. The Kier molecular flexibility index (Phi) is 8.76. The van der Waals surface area contributed by atoms with Crippen LogP contribution in [0.1, 0.15) is 112 Å². The smallest absolute Gasteiger partial charge is 0.147 e. The van der Waals surface area contributed by atoms with Crippen molar-refractivity contribution >= 4 is 0 Å². The molecule has 1 aromatic rings. The molecule has 9 unspecified atom stereocenters. The summed E-state index contributed by atoms with van der Waals surface area (Å²) in [6.07, 6.45) is 23.1. The van der Waals surface area contributed by atoms with E-state index in [1.54, 1.807) is 0 Å². The molecule has 37 heavy (non-hydrogen) atoms. The van der Waals surface area contributed by atoms with Gasteiger partial charge in [0.05, 0.1) is 19.0 Å². The quantitative estimate of drug-likeness (QED) is 0.221. The van der Waals surface area contributed by atoms with E-state index in [9.17, 15) is 0 Å². The molecule has 1 heterocycles. The Morgan fingerprint density at radius 3 is 2.54 bits per heavy atom. The molecule has 4 heteroatoms. The third-order valence-corrected chi connectivity index (χ3v) is 12.3. The van der Waals surface area contributed by atoms with Crippen LogP contribution >= 0.6 is 0 Å². The van der Waals surface area contributed by atoms with Gasteiger partial charge in [-0.05, 0) is 110 Å². The molecular formula is C33H56N2O2. The highest BCUT2D eigenvalue weighted by Gasteiger charge is 2.60. The fraction of sp³-hybridized carbons (Fsp3) is 0.909. The molecule has 4 aliphatic rings. The van der Waals surface area contributed by atoms with Crippen LogP contribution < -0.4 is 0 Å². The Morgan fingerprint density at radius 1 is 0.946 bits per heavy atom. The number of fused-ring (bicyclic) bond motifs is 5. The van der Waals surface area contributed by atoms with E-state index < -0.39 is 0 Å². The number of aromatic nitrogens is 2. The zero-order valence-corrected chi connectivity index (χ0v) is 24.7. The maximum Gasteiger partial charge on any atom is 0.147 e. The van der Waals surface area contributed by atoms with Gasteiger partial charge in [-0.15, -0.1) is 0 Å². The maximum atomic E-state index is 6.26. The molecule has 0 aliphatic heterocycles. The van der Waals surface area contributed by atoms with Crippen LogP contribution in [0.25, 0.3) is 0 Å². The highest BCUT2D eigenvalue weighted by Crippen LogP contribution is 2.68. The lowest BCUT2D eigenvalue weighted by molar-refractivity contribution is -0.158. The van der Waals surface area contributed by atoms with Crippen molar-refractivity contribution in [1.29, 1.82) is 0 Å². The average molecular weight is 513 g/mol. The van der Waals surface area contributed by atoms with Crippen molar-refractivity contribution in [2.45, 2.75) is 124 Å². The third kappa shape index (κ3) is 5.72. The van der Waals surface area contributed by atoms with Gasteiger partial charge in [0.1, 0.15) is 6.79 Å². The molecule has 0 N–H and O–H groups in total. The summed E-state index contributed by atoms with van der Waals surface area (Å²) in [5.74, 6) is 6.49. The van der Waals surface area contributed by atoms with Gasteiger partial charge in [0, 0.05) is 18.9 Å². The summed E-state index contributed by atoms with van der Waals surface area (Å²) in [6, 6.07) is 0. The fourth-order valence-corrected chi connectivity index (χ4v) is 10.2. The van der Waals surface area contributed by atoms with Crippen LogP contribution in [0, 0.1) is 52.3 Å². The van der Waals surface area contributed by atoms with Gasteiger partial charge >= 0.3 is 0 Å². The maximum absolute atomic E-state index is 6.26. The van der Waals surface area contributed by atoms with Gasteiger partial charge in [0.2, 0.25) is 0 Å². The van der Waals surface area contributed by atoms with E-state index >= 15 is 0 Å². The van der Waals surface area contributed by atoms with E-state index in [-0.39, 0.29) is 0 Å². The molecule has 0 amide bonds. The normalized spacial score (nSPS) is 40.3. The lowest BCUT2D eigenvalue weighted by Gasteiger charge is -2.61. The average Bonchev–Trinajstić information content (AvgIpc) is 3.51. The summed E-state index contributed by atoms with van der Waals surface area (Å²) in [7, 11) is 0. The van der Waals surface area contributed by atoms with Gasteiger partial charge in [0.15, 0.2) is 0 Å². The lowest BCUT2D eigenvalue weighted by atomic mass is 9.44. The number of hydrogen-bond acceptors (Lipinski definition) is 3. The first kappa shape index (κ1) is 27.7. The van der Waals surface area contributed by atoms with Gasteiger partial charge in [-0.25, -0.2) is 4.98 Å². The molecular weight excluding hydrogens is 456 g/mol. The molecule has 4 nitrogen and oxygen atoms in total. The monoisotopic (exact) mass is 512 g/mol. The lowest BCUT2D eigenvalue weighted by Crippen LogP contribution is -2.54. The number of ether oxygens (including phenoxy) is 2. The topological polar surface area (TPSA) is 36.3 Å². The van der Waals surface area contributed by atoms with Gasteiger partial charge in [0.25, 0.3) is 0 Å². The van der Waals surface area contributed by atoms with Gasteiger partial charge < -0.3 is 14.0 Å². The minimum Gasteiger partial charge on any atom is -0.354 e. The van der Waals surface area contributed by atoms with Gasteiger partial charge in [-0.3, -0.25) is 0 Å². The largest absolute Gasteiger partial charge is 0.354 e. The second-order valence-electron chi connectivity index (χ2n) is 14.6. The zero-order valence-electron chi connectivity index (χ0n) is 24.7. The molecule has 1 aromatic heterocycles. The summed E-state index contributed by atoms with van der Waals surface area (Å²) in [4.78, 5) is 4.09. The zero-order chi connectivity index (χ0) is 26.0. The summed E-state index contributed by atoms with van der Waals surface area (Å²) < 4.78 is 14.1. The van der Waals surface area contributed by atoms with Crippen molar-refractivity contribution in [2.75, 3.05) is 13.4 Å². The first-order valence-corrected chi connectivity index (χ1v) is 16.0. The van der Waals surface area contributed by atoms with Crippen molar-refractivity contribution in [3.8, 4) is 0 Å². The molecule has 4 saturated carbocycles. The first-order chi connectivity index (χ1) is 17.8. The van der Waals surface area contributed by atoms with E-state index in [4.69, 9.17) is 9.47 Å². The van der Waals surface area contributed by atoms with Gasteiger partial charge in [-0.1, -0.05) is 53.9 Å². The highest BCUT2D eigenvalue weighted by atomic mass is 16.7. The molecule has 0 bridgehead atoms. The van der Waals surface area contributed by atoms with E-state index in [2.05, 4.69) is 44.2 Å². The molecule has 0 radical (unpaired) electrons. The van der Waals surface area contributed by atoms with Crippen molar-refractivity contribution in [3.05, 3.63) is 18.7 Å². The number of rotatable bonds is 11. The summed E-state index contributed by atoms with van der Waals surface area (Å²) in [6.45, 7) is 14.8. The second-order valence-corrected chi connectivity index (χ2v) is 14.6. The molecule has 5 rings (SSSR count). The Bertz CT molecular complexity index is 839. The third-order valence-electron chi connectivity index (χ3n) is 12.3. The summed E-state index contributed by atoms with van der Waals surface area (Å²) in [5, 5.41) is 0. The predicted molar refractivity (Wildman–Crippen MR) is 151 cm³/mol. The van der Waals surface area contributed by atoms with Crippen LogP contribution in [0.15, 0.2) is 18.7 Å². The van der Waals surface area contributed by atoms with Crippen LogP contribution in [0.2, 0.25) is 0 Å². The van der Waals surface area contributed by atoms with Crippen molar-refractivity contribution in [3.63, 3.8) is 0 Å².